The Morgan fingerprint density at radius 3 is 2.71 bits per heavy atom. The topological polar surface area (TPSA) is 72.2 Å². The fraction of sp³-hybridized carbons (Fsp3) is 0.300. The van der Waals surface area contributed by atoms with Crippen LogP contribution in [0.15, 0.2) is 22.7 Å². The molecule has 0 saturated heterocycles. The number of aryl methyl sites for hydroxylation is 1. The predicted molar refractivity (Wildman–Crippen MR) is 77.7 cm³/mol. The molecule has 0 atom stereocenters. The summed E-state index contributed by atoms with van der Waals surface area (Å²) >= 11 is 7.93. The standard InChI is InChI=1S/C10H13BrN2O2S2/c1-2-7-5-8(11)3-4-9(7)13-17(14,15)6-10(12)16/h3-5,13H,2,6H2,1H3,(H2,12,16). The van der Waals surface area contributed by atoms with E-state index in [1.54, 1.807) is 12.1 Å². The third kappa shape index (κ3) is 4.61. The monoisotopic (exact) mass is 336 g/mol. The van der Waals surface area contributed by atoms with Crippen LogP contribution >= 0.6 is 28.1 Å². The molecule has 1 aromatic rings. The van der Waals surface area contributed by atoms with Crippen LogP contribution in [0.1, 0.15) is 12.5 Å². The number of halogens is 1. The number of nitrogens with one attached hydrogen (secondary N) is 1. The van der Waals surface area contributed by atoms with Crippen molar-refractivity contribution in [1.29, 1.82) is 0 Å². The van der Waals surface area contributed by atoms with Gasteiger partial charge in [0.1, 0.15) is 5.75 Å². The first-order chi connectivity index (χ1) is 7.84. The Balaban J connectivity index is 2.99. The van der Waals surface area contributed by atoms with Crippen molar-refractivity contribution in [2.75, 3.05) is 10.5 Å². The molecule has 17 heavy (non-hydrogen) atoms. The van der Waals surface area contributed by atoms with Crippen LogP contribution < -0.4 is 10.5 Å². The molecule has 0 aliphatic rings. The summed E-state index contributed by atoms with van der Waals surface area (Å²) in [5.74, 6) is -0.346. The van der Waals surface area contributed by atoms with Crippen LogP contribution in [-0.4, -0.2) is 19.2 Å². The van der Waals surface area contributed by atoms with E-state index < -0.39 is 10.0 Å². The molecule has 0 fully saturated rings. The smallest absolute Gasteiger partial charge is 0.239 e. The highest BCUT2D eigenvalue weighted by atomic mass is 79.9. The minimum absolute atomic E-state index is 0.0485. The van der Waals surface area contributed by atoms with E-state index in [2.05, 4.69) is 32.9 Å². The molecule has 0 heterocycles. The number of hydrogen-bond donors (Lipinski definition) is 2. The maximum atomic E-state index is 11.7. The van der Waals surface area contributed by atoms with Crippen LogP contribution in [0, 0.1) is 0 Å². The van der Waals surface area contributed by atoms with Gasteiger partial charge in [-0.25, -0.2) is 8.42 Å². The Bertz CT molecular complexity index is 529. The molecule has 0 aliphatic carbocycles. The number of hydrogen-bond acceptors (Lipinski definition) is 3. The second-order valence-corrected chi connectivity index (χ2v) is 6.64. The lowest BCUT2D eigenvalue weighted by Gasteiger charge is -2.11. The molecule has 0 spiro atoms. The number of nitrogens with two attached hydrogens (primary N) is 1. The van der Waals surface area contributed by atoms with Crippen molar-refractivity contribution < 1.29 is 8.42 Å². The summed E-state index contributed by atoms with van der Waals surface area (Å²) in [5, 5.41) is 0. The molecule has 0 bridgehead atoms. The molecule has 0 saturated carbocycles. The van der Waals surface area contributed by atoms with Gasteiger partial charge in [-0.2, -0.15) is 0 Å². The second-order valence-electron chi connectivity index (χ2n) is 3.48. The highest BCUT2D eigenvalue weighted by Gasteiger charge is 2.13. The van der Waals surface area contributed by atoms with Crippen molar-refractivity contribution in [1.82, 2.24) is 0 Å². The van der Waals surface area contributed by atoms with Crippen molar-refractivity contribution in [3.05, 3.63) is 28.2 Å². The first-order valence-electron chi connectivity index (χ1n) is 4.91. The second kappa shape index (κ2) is 5.79. The van der Waals surface area contributed by atoms with E-state index in [-0.39, 0.29) is 10.7 Å². The van der Waals surface area contributed by atoms with Gasteiger partial charge in [0, 0.05) is 4.47 Å². The zero-order valence-corrected chi connectivity index (χ0v) is 12.5. The molecule has 0 aliphatic heterocycles. The van der Waals surface area contributed by atoms with E-state index in [1.807, 2.05) is 13.0 Å². The molecule has 4 nitrogen and oxygen atoms in total. The molecule has 94 valence electrons. The minimum Gasteiger partial charge on any atom is -0.392 e. The fourth-order valence-electron chi connectivity index (χ4n) is 1.35. The molecule has 0 unspecified atom stereocenters. The lowest BCUT2D eigenvalue weighted by molar-refractivity contribution is 0.605. The molecular weight excluding hydrogens is 324 g/mol. The van der Waals surface area contributed by atoms with Gasteiger partial charge >= 0.3 is 0 Å². The van der Waals surface area contributed by atoms with Crippen molar-refractivity contribution in [2.24, 2.45) is 5.73 Å². The first kappa shape index (κ1) is 14.4. The van der Waals surface area contributed by atoms with Gasteiger partial charge in [0.05, 0.1) is 10.7 Å². The van der Waals surface area contributed by atoms with E-state index in [1.165, 1.54) is 0 Å². The van der Waals surface area contributed by atoms with Crippen molar-refractivity contribution in [2.45, 2.75) is 13.3 Å². The maximum Gasteiger partial charge on any atom is 0.239 e. The number of rotatable bonds is 5. The highest BCUT2D eigenvalue weighted by Crippen LogP contribution is 2.22. The Morgan fingerprint density at radius 2 is 2.18 bits per heavy atom. The summed E-state index contributed by atoms with van der Waals surface area (Å²) in [5.41, 5.74) is 6.70. The third-order valence-corrected chi connectivity index (χ3v) is 4.09. The van der Waals surface area contributed by atoms with Crippen molar-refractivity contribution in [3.63, 3.8) is 0 Å². The number of thiocarbonyl (C=S) groups is 1. The maximum absolute atomic E-state index is 11.7. The quantitative estimate of drug-likeness (QED) is 0.807. The fourth-order valence-corrected chi connectivity index (χ4v) is 3.20. The van der Waals surface area contributed by atoms with Crippen LogP contribution in [0.2, 0.25) is 0 Å². The van der Waals surface area contributed by atoms with E-state index in [9.17, 15) is 8.42 Å². The molecule has 1 aromatic carbocycles. The molecule has 0 radical (unpaired) electrons. The molecule has 3 N–H and O–H groups in total. The molecule has 0 aromatic heterocycles. The zero-order chi connectivity index (χ0) is 13.1. The van der Waals surface area contributed by atoms with E-state index >= 15 is 0 Å². The Labute approximate surface area is 115 Å². The van der Waals surface area contributed by atoms with Crippen molar-refractivity contribution >= 4 is 48.8 Å². The van der Waals surface area contributed by atoms with Crippen molar-refractivity contribution in [3.8, 4) is 0 Å². The van der Waals surface area contributed by atoms with Crippen LogP contribution in [-0.2, 0) is 16.4 Å². The van der Waals surface area contributed by atoms with E-state index in [0.717, 1.165) is 16.5 Å². The summed E-state index contributed by atoms with van der Waals surface area (Å²) in [7, 11) is -3.51. The average Bonchev–Trinajstić information content (AvgIpc) is 2.18. The molecule has 0 amide bonds. The lowest BCUT2D eigenvalue weighted by atomic mass is 10.1. The predicted octanol–water partition coefficient (Wildman–Crippen LogP) is 2.04. The van der Waals surface area contributed by atoms with Gasteiger partial charge in [0.15, 0.2) is 0 Å². The number of benzene rings is 1. The van der Waals surface area contributed by atoms with Gasteiger partial charge in [-0.05, 0) is 30.2 Å². The average molecular weight is 337 g/mol. The summed E-state index contributed by atoms with van der Waals surface area (Å²) in [6.07, 6.45) is 0.727. The van der Waals surface area contributed by atoms with Gasteiger partial charge < -0.3 is 5.73 Å². The Hall–Kier alpha value is -0.660. The molecular formula is C10H13BrN2O2S2. The first-order valence-corrected chi connectivity index (χ1v) is 7.76. The largest absolute Gasteiger partial charge is 0.392 e. The highest BCUT2D eigenvalue weighted by molar-refractivity contribution is 9.10. The van der Waals surface area contributed by atoms with Crippen LogP contribution in [0.4, 0.5) is 5.69 Å². The summed E-state index contributed by atoms with van der Waals surface area (Å²) in [4.78, 5) is -0.0485. The summed E-state index contributed by atoms with van der Waals surface area (Å²) in [6.45, 7) is 1.95. The van der Waals surface area contributed by atoms with E-state index in [4.69, 9.17) is 5.73 Å². The Kier molecular flexibility index (Phi) is 4.91. The third-order valence-electron chi connectivity index (χ3n) is 2.05. The van der Waals surface area contributed by atoms with Crippen LogP contribution in [0.5, 0.6) is 0 Å². The minimum atomic E-state index is -3.51. The lowest BCUT2D eigenvalue weighted by Crippen LogP contribution is -2.26. The van der Waals surface area contributed by atoms with Gasteiger partial charge in [-0.15, -0.1) is 0 Å². The van der Waals surface area contributed by atoms with Gasteiger partial charge in [0.2, 0.25) is 10.0 Å². The SMILES string of the molecule is CCc1cc(Br)ccc1NS(=O)(=O)CC(N)=S. The van der Waals surface area contributed by atoms with Gasteiger partial charge in [-0.1, -0.05) is 35.1 Å². The van der Waals surface area contributed by atoms with E-state index in [0.29, 0.717) is 5.69 Å². The normalized spacial score (nSPS) is 11.2. The van der Waals surface area contributed by atoms with Crippen LogP contribution in [0.25, 0.3) is 0 Å². The van der Waals surface area contributed by atoms with Gasteiger partial charge in [-0.3, -0.25) is 4.72 Å². The molecule has 1 rings (SSSR count). The zero-order valence-electron chi connectivity index (χ0n) is 9.23. The summed E-state index contributed by atoms with van der Waals surface area (Å²) in [6, 6.07) is 5.36. The summed E-state index contributed by atoms with van der Waals surface area (Å²) < 4.78 is 26.7. The number of sulfonamides is 1. The molecule has 7 heteroatoms. The Morgan fingerprint density at radius 1 is 1.53 bits per heavy atom. The van der Waals surface area contributed by atoms with Crippen LogP contribution in [0.3, 0.4) is 0 Å². The van der Waals surface area contributed by atoms with Gasteiger partial charge in [0.25, 0.3) is 0 Å². The number of anilines is 1.